The van der Waals surface area contributed by atoms with Crippen molar-refractivity contribution in [3.63, 3.8) is 0 Å². The van der Waals surface area contributed by atoms with Gasteiger partial charge in [0, 0.05) is 13.1 Å². The van der Waals surface area contributed by atoms with Crippen molar-refractivity contribution in [1.29, 1.82) is 0 Å². The molecule has 180 valence electrons. The lowest BCUT2D eigenvalue weighted by Gasteiger charge is -2.20. The number of nitrogens with one attached hydrogen (secondary N) is 2. The monoisotopic (exact) mass is 483 g/mol. The lowest BCUT2D eigenvalue weighted by molar-refractivity contribution is -0.114. The Labute approximate surface area is 200 Å². The first-order chi connectivity index (χ1) is 16.4. The van der Waals surface area contributed by atoms with Crippen LogP contribution in [0.3, 0.4) is 0 Å². The number of sulfonamides is 1. The fourth-order valence-corrected chi connectivity index (χ4v) is 4.83. The highest BCUT2D eigenvalue weighted by Gasteiger charge is 2.23. The molecule has 2 N–H and O–H groups in total. The van der Waals surface area contributed by atoms with E-state index in [2.05, 4.69) is 10.6 Å². The molecule has 3 aromatic rings. The number of ether oxygens (including phenoxy) is 2. The molecule has 0 atom stereocenters. The lowest BCUT2D eigenvalue weighted by Crippen LogP contribution is -2.30. The van der Waals surface area contributed by atoms with Crippen molar-refractivity contribution in [3.8, 4) is 17.2 Å². The van der Waals surface area contributed by atoms with Gasteiger partial charge in [0.25, 0.3) is 0 Å². The van der Waals surface area contributed by atoms with E-state index in [0.29, 0.717) is 36.0 Å². The van der Waals surface area contributed by atoms with E-state index >= 15 is 0 Å². The third-order valence-corrected chi connectivity index (χ3v) is 7.13. The summed E-state index contributed by atoms with van der Waals surface area (Å²) in [7, 11) is -2.22. The highest BCUT2D eigenvalue weighted by Crippen LogP contribution is 2.30. The van der Waals surface area contributed by atoms with Gasteiger partial charge in [-0.1, -0.05) is 44.2 Å². The first-order valence-corrected chi connectivity index (χ1v) is 12.4. The SMILES string of the molecule is CCN(CC)S(=O)(=O)c1ccc(OC)c(NC(=O)CNc2ccccc2Oc2ccccc2)c1. The predicted molar refractivity (Wildman–Crippen MR) is 133 cm³/mol. The minimum absolute atomic E-state index is 0.0641. The van der Waals surface area contributed by atoms with Gasteiger partial charge in [-0.2, -0.15) is 4.31 Å². The second-order valence-corrected chi connectivity index (χ2v) is 9.20. The summed E-state index contributed by atoms with van der Waals surface area (Å²) < 4.78 is 38.3. The fraction of sp³-hybridized carbons (Fsp3) is 0.240. The number of carbonyl (C=O) groups is 1. The first kappa shape index (κ1) is 25.1. The van der Waals surface area contributed by atoms with Crippen molar-refractivity contribution in [2.45, 2.75) is 18.7 Å². The standard InChI is InChI=1S/C25H29N3O5S/c1-4-28(5-2)34(30,31)20-15-16-23(32-3)22(17-20)27-25(29)18-26-21-13-9-10-14-24(21)33-19-11-7-6-8-12-19/h6-17,26H,4-5,18H2,1-3H3,(H,27,29). The van der Waals surface area contributed by atoms with Crippen LogP contribution in [-0.2, 0) is 14.8 Å². The van der Waals surface area contributed by atoms with Gasteiger partial charge < -0.3 is 20.1 Å². The third-order valence-electron chi connectivity index (χ3n) is 5.09. The number of nitrogens with zero attached hydrogens (tertiary/aromatic N) is 1. The molecule has 0 saturated carbocycles. The quantitative estimate of drug-likeness (QED) is 0.415. The van der Waals surface area contributed by atoms with Crippen LogP contribution < -0.4 is 20.1 Å². The fourth-order valence-electron chi connectivity index (χ4n) is 3.34. The Morgan fingerprint density at radius 3 is 2.24 bits per heavy atom. The molecular formula is C25H29N3O5S. The van der Waals surface area contributed by atoms with Gasteiger partial charge in [0.15, 0.2) is 5.75 Å². The maximum Gasteiger partial charge on any atom is 0.243 e. The predicted octanol–water partition coefficient (Wildman–Crippen LogP) is 4.57. The number of hydrogen-bond donors (Lipinski definition) is 2. The number of methoxy groups -OCH3 is 1. The minimum atomic E-state index is -3.68. The summed E-state index contributed by atoms with van der Waals surface area (Å²) in [6, 6.07) is 21.0. The van der Waals surface area contributed by atoms with Gasteiger partial charge in [-0.25, -0.2) is 8.42 Å². The average Bonchev–Trinajstić information content (AvgIpc) is 2.84. The molecular weight excluding hydrogens is 454 g/mol. The van der Waals surface area contributed by atoms with E-state index < -0.39 is 10.0 Å². The summed E-state index contributed by atoms with van der Waals surface area (Å²) >= 11 is 0. The summed E-state index contributed by atoms with van der Waals surface area (Å²) in [5.41, 5.74) is 0.919. The van der Waals surface area contributed by atoms with Crippen molar-refractivity contribution in [2.24, 2.45) is 0 Å². The maximum atomic E-state index is 12.9. The van der Waals surface area contributed by atoms with Gasteiger partial charge in [0.1, 0.15) is 11.5 Å². The Balaban J connectivity index is 1.73. The van der Waals surface area contributed by atoms with Crippen molar-refractivity contribution in [1.82, 2.24) is 4.31 Å². The van der Waals surface area contributed by atoms with Crippen molar-refractivity contribution >= 4 is 27.3 Å². The van der Waals surface area contributed by atoms with Crippen LogP contribution in [0.15, 0.2) is 77.7 Å². The van der Waals surface area contributed by atoms with Gasteiger partial charge in [0.05, 0.1) is 29.9 Å². The molecule has 0 saturated heterocycles. The molecule has 34 heavy (non-hydrogen) atoms. The molecule has 0 bridgehead atoms. The molecule has 0 aliphatic heterocycles. The number of amides is 1. The van der Waals surface area contributed by atoms with Crippen LogP contribution in [0.25, 0.3) is 0 Å². The largest absolute Gasteiger partial charge is 0.495 e. The van der Waals surface area contributed by atoms with E-state index in [1.165, 1.54) is 29.6 Å². The van der Waals surface area contributed by atoms with Crippen LogP contribution in [-0.4, -0.2) is 45.4 Å². The summed E-state index contributed by atoms with van der Waals surface area (Å²) in [5.74, 6) is 1.24. The zero-order valence-corrected chi connectivity index (χ0v) is 20.3. The molecule has 1 amide bonds. The Hall–Kier alpha value is -3.56. The highest BCUT2D eigenvalue weighted by molar-refractivity contribution is 7.89. The number of rotatable bonds is 11. The van der Waals surface area contributed by atoms with E-state index in [1.807, 2.05) is 48.5 Å². The number of hydrogen-bond acceptors (Lipinski definition) is 6. The van der Waals surface area contributed by atoms with Crippen molar-refractivity contribution < 1.29 is 22.7 Å². The van der Waals surface area contributed by atoms with E-state index in [-0.39, 0.29) is 23.0 Å². The van der Waals surface area contributed by atoms with Gasteiger partial charge >= 0.3 is 0 Å². The maximum absolute atomic E-state index is 12.9. The summed E-state index contributed by atoms with van der Waals surface area (Å²) in [4.78, 5) is 12.8. The smallest absolute Gasteiger partial charge is 0.243 e. The Morgan fingerprint density at radius 1 is 0.882 bits per heavy atom. The zero-order valence-electron chi connectivity index (χ0n) is 19.4. The average molecular weight is 484 g/mol. The van der Waals surface area contributed by atoms with Crippen LogP contribution in [0, 0.1) is 0 Å². The number of para-hydroxylation sites is 3. The minimum Gasteiger partial charge on any atom is -0.495 e. The van der Waals surface area contributed by atoms with Crippen molar-refractivity contribution in [2.75, 3.05) is 37.4 Å². The summed E-state index contributed by atoms with van der Waals surface area (Å²) in [5, 5.41) is 5.81. The van der Waals surface area contributed by atoms with Crippen LogP contribution >= 0.6 is 0 Å². The second kappa shape index (κ2) is 11.5. The molecule has 0 aliphatic rings. The van der Waals surface area contributed by atoms with Crippen LogP contribution in [0.4, 0.5) is 11.4 Å². The number of carbonyl (C=O) groups excluding carboxylic acids is 1. The molecule has 3 aromatic carbocycles. The van der Waals surface area contributed by atoms with Crippen LogP contribution in [0.5, 0.6) is 17.2 Å². The molecule has 0 fully saturated rings. The highest BCUT2D eigenvalue weighted by atomic mass is 32.2. The topological polar surface area (TPSA) is 97.0 Å². The van der Waals surface area contributed by atoms with Crippen molar-refractivity contribution in [3.05, 3.63) is 72.8 Å². The van der Waals surface area contributed by atoms with E-state index in [4.69, 9.17) is 9.47 Å². The van der Waals surface area contributed by atoms with Gasteiger partial charge in [-0.05, 0) is 42.5 Å². The second-order valence-electron chi connectivity index (χ2n) is 7.26. The first-order valence-electron chi connectivity index (χ1n) is 10.9. The van der Waals surface area contributed by atoms with Gasteiger partial charge in [-0.15, -0.1) is 0 Å². The van der Waals surface area contributed by atoms with E-state index in [0.717, 1.165) is 0 Å². The number of anilines is 2. The molecule has 0 spiro atoms. The molecule has 9 heteroatoms. The zero-order chi connectivity index (χ0) is 24.6. The Morgan fingerprint density at radius 2 is 1.56 bits per heavy atom. The Kier molecular flexibility index (Phi) is 8.50. The van der Waals surface area contributed by atoms with E-state index in [9.17, 15) is 13.2 Å². The lowest BCUT2D eigenvalue weighted by atomic mass is 10.2. The Bertz CT molecular complexity index is 1210. The molecule has 3 rings (SSSR count). The third kappa shape index (κ3) is 6.06. The molecule has 0 heterocycles. The molecule has 0 unspecified atom stereocenters. The molecule has 0 radical (unpaired) electrons. The van der Waals surface area contributed by atoms with Crippen LogP contribution in [0.1, 0.15) is 13.8 Å². The summed E-state index contributed by atoms with van der Waals surface area (Å²) in [6.45, 7) is 4.18. The summed E-state index contributed by atoms with van der Waals surface area (Å²) in [6.07, 6.45) is 0. The van der Waals surface area contributed by atoms with Gasteiger partial charge in [-0.3, -0.25) is 4.79 Å². The van der Waals surface area contributed by atoms with E-state index in [1.54, 1.807) is 19.9 Å². The normalized spacial score (nSPS) is 11.2. The number of benzene rings is 3. The van der Waals surface area contributed by atoms with Crippen LogP contribution in [0.2, 0.25) is 0 Å². The molecule has 0 aromatic heterocycles. The molecule has 8 nitrogen and oxygen atoms in total. The molecule has 0 aliphatic carbocycles. The van der Waals surface area contributed by atoms with Gasteiger partial charge in [0.2, 0.25) is 15.9 Å².